The van der Waals surface area contributed by atoms with Crippen LogP contribution in [0.2, 0.25) is 0 Å². The summed E-state index contributed by atoms with van der Waals surface area (Å²) in [5.74, 6) is 0.110. The van der Waals surface area contributed by atoms with Crippen molar-refractivity contribution in [2.24, 2.45) is 0 Å². The lowest BCUT2D eigenvalue weighted by Crippen LogP contribution is -2.27. The standard InChI is InChI=1S/C21H23FN4O2S2/c1-15-6-7-19(20(10-15)30(27,28)25-21-13-29-14-23-21)24-17-8-9-26(12-17)11-16-4-2-3-5-18(16)22/h2-7,10,13-14,17,24-25H,8-9,11-12H2,1H3/t17-/m0/s1. The SMILES string of the molecule is Cc1ccc(N[C@H]2CCN(Cc3ccccc3F)C2)c(S(=O)(=O)Nc2cscn2)c1. The molecular formula is C21H23FN4O2S2. The van der Waals surface area contributed by atoms with Gasteiger partial charge in [0.25, 0.3) is 10.0 Å². The number of anilines is 2. The molecule has 4 rings (SSSR count). The van der Waals surface area contributed by atoms with Gasteiger partial charge in [0.1, 0.15) is 10.7 Å². The predicted molar refractivity (Wildman–Crippen MR) is 118 cm³/mol. The molecule has 9 heteroatoms. The van der Waals surface area contributed by atoms with Crippen molar-refractivity contribution < 1.29 is 12.8 Å². The zero-order valence-electron chi connectivity index (χ0n) is 16.5. The van der Waals surface area contributed by atoms with E-state index in [2.05, 4.69) is 19.9 Å². The lowest BCUT2D eigenvalue weighted by Gasteiger charge is -2.20. The summed E-state index contributed by atoms with van der Waals surface area (Å²) < 4.78 is 42.4. The first-order valence-corrected chi connectivity index (χ1v) is 12.1. The Morgan fingerprint density at radius 2 is 2.10 bits per heavy atom. The van der Waals surface area contributed by atoms with Gasteiger partial charge in [0.2, 0.25) is 0 Å². The number of nitrogens with one attached hydrogen (secondary N) is 2. The molecule has 1 aromatic heterocycles. The molecule has 0 amide bonds. The maximum Gasteiger partial charge on any atom is 0.265 e. The van der Waals surface area contributed by atoms with Crippen LogP contribution in [0, 0.1) is 12.7 Å². The number of likely N-dealkylation sites (tertiary alicyclic amines) is 1. The Morgan fingerprint density at radius 1 is 1.27 bits per heavy atom. The molecule has 158 valence electrons. The van der Waals surface area contributed by atoms with Crippen molar-refractivity contribution in [1.29, 1.82) is 0 Å². The molecule has 2 aromatic carbocycles. The number of hydrogen-bond acceptors (Lipinski definition) is 6. The van der Waals surface area contributed by atoms with Gasteiger partial charge in [-0.05, 0) is 37.1 Å². The average Bonchev–Trinajstić information content (AvgIpc) is 3.37. The minimum Gasteiger partial charge on any atom is -0.380 e. The van der Waals surface area contributed by atoms with Gasteiger partial charge < -0.3 is 5.32 Å². The van der Waals surface area contributed by atoms with Crippen LogP contribution < -0.4 is 10.0 Å². The first kappa shape index (κ1) is 20.8. The third kappa shape index (κ3) is 4.80. The summed E-state index contributed by atoms with van der Waals surface area (Å²) in [5, 5.41) is 5.03. The van der Waals surface area contributed by atoms with Crippen molar-refractivity contribution in [2.75, 3.05) is 23.1 Å². The van der Waals surface area contributed by atoms with Crippen molar-refractivity contribution in [3.8, 4) is 0 Å². The Balaban J connectivity index is 1.48. The summed E-state index contributed by atoms with van der Waals surface area (Å²) in [6.45, 7) is 3.92. The summed E-state index contributed by atoms with van der Waals surface area (Å²) in [6, 6.07) is 12.2. The van der Waals surface area contributed by atoms with Gasteiger partial charge in [0.05, 0.1) is 11.2 Å². The molecule has 1 aliphatic heterocycles. The van der Waals surface area contributed by atoms with Crippen LogP contribution in [0.4, 0.5) is 15.9 Å². The lowest BCUT2D eigenvalue weighted by atomic mass is 10.2. The number of halogens is 1. The third-order valence-corrected chi connectivity index (χ3v) is 7.06. The van der Waals surface area contributed by atoms with E-state index < -0.39 is 10.0 Å². The first-order valence-electron chi connectivity index (χ1n) is 9.65. The molecule has 30 heavy (non-hydrogen) atoms. The summed E-state index contributed by atoms with van der Waals surface area (Å²) >= 11 is 1.32. The normalized spacial score (nSPS) is 17.2. The number of rotatable bonds is 7. The number of aromatic nitrogens is 1. The van der Waals surface area contributed by atoms with Gasteiger partial charge in [0, 0.05) is 36.6 Å². The highest BCUT2D eigenvalue weighted by atomic mass is 32.2. The molecular weight excluding hydrogens is 423 g/mol. The fourth-order valence-corrected chi connectivity index (χ4v) is 5.42. The third-order valence-electron chi connectivity index (χ3n) is 5.08. The molecule has 0 unspecified atom stereocenters. The monoisotopic (exact) mass is 446 g/mol. The number of hydrogen-bond donors (Lipinski definition) is 2. The van der Waals surface area contributed by atoms with Crippen molar-refractivity contribution in [3.05, 3.63) is 70.3 Å². The number of aryl methyl sites for hydroxylation is 1. The van der Waals surface area contributed by atoms with E-state index in [-0.39, 0.29) is 16.8 Å². The summed E-state index contributed by atoms with van der Waals surface area (Å²) in [6.07, 6.45) is 0.849. The van der Waals surface area contributed by atoms with E-state index in [1.807, 2.05) is 19.1 Å². The Labute approximate surface area is 179 Å². The Bertz CT molecular complexity index is 1120. The second-order valence-corrected chi connectivity index (χ2v) is 9.80. The topological polar surface area (TPSA) is 74.3 Å². The second kappa shape index (κ2) is 8.71. The van der Waals surface area contributed by atoms with Crippen LogP contribution in [0.3, 0.4) is 0 Å². The molecule has 1 saturated heterocycles. The van der Waals surface area contributed by atoms with Crippen LogP contribution in [-0.4, -0.2) is 37.4 Å². The number of benzene rings is 2. The zero-order valence-corrected chi connectivity index (χ0v) is 18.1. The fourth-order valence-electron chi connectivity index (χ4n) is 3.61. The van der Waals surface area contributed by atoms with Crippen molar-refractivity contribution in [2.45, 2.75) is 30.8 Å². The molecule has 0 spiro atoms. The largest absolute Gasteiger partial charge is 0.380 e. The minimum atomic E-state index is -3.78. The van der Waals surface area contributed by atoms with E-state index in [1.165, 1.54) is 17.4 Å². The maximum atomic E-state index is 13.9. The van der Waals surface area contributed by atoms with Gasteiger partial charge in [-0.1, -0.05) is 24.3 Å². The first-order chi connectivity index (χ1) is 14.4. The van der Waals surface area contributed by atoms with Crippen molar-refractivity contribution in [3.63, 3.8) is 0 Å². The molecule has 6 nitrogen and oxygen atoms in total. The fraction of sp³-hybridized carbons (Fsp3) is 0.286. The van der Waals surface area contributed by atoms with E-state index in [1.54, 1.807) is 35.2 Å². The van der Waals surface area contributed by atoms with E-state index in [9.17, 15) is 12.8 Å². The van der Waals surface area contributed by atoms with Crippen LogP contribution in [0.25, 0.3) is 0 Å². The molecule has 1 aliphatic rings. The molecule has 0 bridgehead atoms. The Kier molecular flexibility index (Phi) is 6.03. The van der Waals surface area contributed by atoms with E-state index in [0.29, 0.717) is 30.2 Å². The molecule has 0 radical (unpaired) electrons. The molecule has 2 heterocycles. The molecule has 1 atom stereocenters. The molecule has 3 aromatic rings. The predicted octanol–water partition coefficient (Wildman–Crippen LogP) is 4.08. The van der Waals surface area contributed by atoms with Crippen LogP contribution in [0.15, 0.2) is 58.3 Å². The molecule has 2 N–H and O–H groups in total. The molecule has 0 saturated carbocycles. The van der Waals surface area contributed by atoms with E-state index in [4.69, 9.17) is 0 Å². The average molecular weight is 447 g/mol. The molecule has 0 aliphatic carbocycles. The van der Waals surface area contributed by atoms with Crippen LogP contribution >= 0.6 is 11.3 Å². The van der Waals surface area contributed by atoms with Crippen LogP contribution in [0.1, 0.15) is 17.5 Å². The Hall–Kier alpha value is -2.49. The van der Waals surface area contributed by atoms with Gasteiger partial charge in [-0.3, -0.25) is 9.62 Å². The number of thiazole rings is 1. The smallest absolute Gasteiger partial charge is 0.265 e. The van der Waals surface area contributed by atoms with Crippen LogP contribution in [0.5, 0.6) is 0 Å². The van der Waals surface area contributed by atoms with E-state index >= 15 is 0 Å². The number of nitrogens with zero attached hydrogens (tertiary/aromatic N) is 2. The Morgan fingerprint density at radius 3 is 2.87 bits per heavy atom. The van der Waals surface area contributed by atoms with Gasteiger partial charge in [-0.2, -0.15) is 0 Å². The summed E-state index contributed by atoms with van der Waals surface area (Å²) in [7, 11) is -3.78. The highest BCUT2D eigenvalue weighted by Gasteiger charge is 2.26. The van der Waals surface area contributed by atoms with Crippen molar-refractivity contribution in [1.82, 2.24) is 9.88 Å². The van der Waals surface area contributed by atoms with E-state index in [0.717, 1.165) is 18.5 Å². The quantitative estimate of drug-likeness (QED) is 0.572. The van der Waals surface area contributed by atoms with Crippen molar-refractivity contribution >= 4 is 32.9 Å². The number of sulfonamides is 1. The second-order valence-electron chi connectivity index (χ2n) is 7.44. The van der Waals surface area contributed by atoms with Gasteiger partial charge in [0.15, 0.2) is 5.82 Å². The van der Waals surface area contributed by atoms with Gasteiger partial charge in [-0.25, -0.2) is 17.8 Å². The van der Waals surface area contributed by atoms with Crippen LogP contribution in [-0.2, 0) is 16.6 Å². The lowest BCUT2D eigenvalue weighted by molar-refractivity contribution is 0.323. The summed E-state index contributed by atoms with van der Waals surface area (Å²) in [4.78, 5) is 6.38. The molecule has 1 fully saturated rings. The van der Waals surface area contributed by atoms with Gasteiger partial charge in [-0.15, -0.1) is 11.3 Å². The van der Waals surface area contributed by atoms with Gasteiger partial charge >= 0.3 is 0 Å². The minimum absolute atomic E-state index is 0.0766. The summed E-state index contributed by atoms with van der Waals surface area (Å²) in [5.41, 5.74) is 3.66. The highest BCUT2D eigenvalue weighted by Crippen LogP contribution is 2.27. The maximum absolute atomic E-state index is 13.9. The highest BCUT2D eigenvalue weighted by molar-refractivity contribution is 7.92. The zero-order chi connectivity index (χ0) is 21.1.